The van der Waals surface area contributed by atoms with Crippen LogP contribution >= 0.6 is 0 Å². The number of nitrogens with one attached hydrogen (secondary N) is 1. The monoisotopic (exact) mass is 227 g/mol. The summed E-state index contributed by atoms with van der Waals surface area (Å²) in [7, 11) is 0. The molecule has 1 unspecified atom stereocenters. The maximum Gasteiger partial charge on any atom is 0.237 e. The molecule has 4 heteroatoms. The summed E-state index contributed by atoms with van der Waals surface area (Å²) in [6.07, 6.45) is 1.93. The molecule has 1 amide bonds. The van der Waals surface area contributed by atoms with Gasteiger partial charge in [-0.3, -0.25) is 9.69 Å². The molecule has 94 valence electrons. The predicted octanol–water partition coefficient (Wildman–Crippen LogP) is 0.572. The number of amides is 1. The Hall–Kier alpha value is -0.610. The molecule has 3 N–H and O–H groups in total. The van der Waals surface area contributed by atoms with E-state index in [4.69, 9.17) is 5.73 Å². The lowest BCUT2D eigenvalue weighted by Gasteiger charge is -2.36. The van der Waals surface area contributed by atoms with E-state index in [9.17, 15) is 4.79 Å². The van der Waals surface area contributed by atoms with Crippen LogP contribution in [0.15, 0.2) is 0 Å². The summed E-state index contributed by atoms with van der Waals surface area (Å²) in [6.45, 7) is 9.83. The van der Waals surface area contributed by atoms with Gasteiger partial charge in [0.1, 0.15) is 0 Å². The fraction of sp³-hybridized carbons (Fsp3) is 0.917. The standard InChI is InChI=1S/C12H25N3O/c1-4-10-11(16)14-6-8-15(10)7-5-12(2,3)9-13/h10H,4-9,13H2,1-3H3,(H,14,16). The highest BCUT2D eigenvalue weighted by atomic mass is 16.2. The summed E-state index contributed by atoms with van der Waals surface area (Å²) < 4.78 is 0. The van der Waals surface area contributed by atoms with Gasteiger partial charge in [-0.2, -0.15) is 0 Å². The highest BCUT2D eigenvalue weighted by Gasteiger charge is 2.28. The molecule has 1 aliphatic rings. The number of rotatable bonds is 5. The second kappa shape index (κ2) is 5.64. The molecule has 4 nitrogen and oxygen atoms in total. The molecule has 0 radical (unpaired) electrons. The first-order valence-electron chi connectivity index (χ1n) is 6.22. The molecule has 0 aliphatic carbocycles. The SMILES string of the molecule is CCC1C(=O)NCCN1CCC(C)(C)CN. The van der Waals surface area contributed by atoms with E-state index in [0.29, 0.717) is 6.54 Å². The summed E-state index contributed by atoms with van der Waals surface area (Å²) in [5.41, 5.74) is 5.89. The van der Waals surface area contributed by atoms with Crippen LogP contribution in [-0.4, -0.2) is 43.0 Å². The molecule has 0 spiro atoms. The molecule has 1 heterocycles. The van der Waals surface area contributed by atoms with Gasteiger partial charge in [0.15, 0.2) is 0 Å². The Morgan fingerprint density at radius 3 is 2.81 bits per heavy atom. The van der Waals surface area contributed by atoms with Crippen molar-refractivity contribution in [3.63, 3.8) is 0 Å². The summed E-state index contributed by atoms with van der Waals surface area (Å²) in [5.74, 6) is 0.180. The Morgan fingerprint density at radius 2 is 2.25 bits per heavy atom. The number of piperazine rings is 1. The van der Waals surface area contributed by atoms with Crippen LogP contribution in [0.5, 0.6) is 0 Å². The third-order valence-electron chi connectivity index (χ3n) is 3.46. The van der Waals surface area contributed by atoms with Gasteiger partial charge in [0.05, 0.1) is 6.04 Å². The molecule has 1 fully saturated rings. The van der Waals surface area contributed by atoms with Gasteiger partial charge in [-0.15, -0.1) is 0 Å². The van der Waals surface area contributed by atoms with E-state index in [-0.39, 0.29) is 17.4 Å². The molecular weight excluding hydrogens is 202 g/mol. The van der Waals surface area contributed by atoms with Crippen molar-refractivity contribution in [1.29, 1.82) is 0 Å². The minimum atomic E-state index is 0.0577. The molecule has 1 atom stereocenters. The molecule has 0 aromatic heterocycles. The van der Waals surface area contributed by atoms with E-state index in [1.807, 2.05) is 0 Å². The van der Waals surface area contributed by atoms with Gasteiger partial charge >= 0.3 is 0 Å². The summed E-state index contributed by atoms with van der Waals surface area (Å²) >= 11 is 0. The van der Waals surface area contributed by atoms with Crippen LogP contribution in [0.4, 0.5) is 0 Å². The van der Waals surface area contributed by atoms with Gasteiger partial charge in [0.25, 0.3) is 0 Å². The maximum absolute atomic E-state index is 11.7. The van der Waals surface area contributed by atoms with Crippen LogP contribution in [0.25, 0.3) is 0 Å². The molecule has 0 aromatic carbocycles. The number of hydrogen-bond acceptors (Lipinski definition) is 3. The zero-order chi connectivity index (χ0) is 12.2. The fourth-order valence-corrected chi connectivity index (χ4v) is 2.02. The Balaban J connectivity index is 2.48. The normalized spacial score (nSPS) is 23.2. The van der Waals surface area contributed by atoms with Crippen LogP contribution < -0.4 is 11.1 Å². The lowest BCUT2D eigenvalue weighted by Crippen LogP contribution is -2.55. The third-order valence-corrected chi connectivity index (χ3v) is 3.46. The van der Waals surface area contributed by atoms with Crippen LogP contribution in [-0.2, 0) is 4.79 Å². The molecule has 0 saturated carbocycles. The second-order valence-electron chi connectivity index (χ2n) is 5.37. The van der Waals surface area contributed by atoms with Crippen LogP contribution in [0.2, 0.25) is 0 Å². The van der Waals surface area contributed by atoms with Crippen molar-refractivity contribution in [3.8, 4) is 0 Å². The van der Waals surface area contributed by atoms with Crippen molar-refractivity contribution in [2.45, 2.75) is 39.7 Å². The molecule has 0 aromatic rings. The highest BCUT2D eigenvalue weighted by molar-refractivity contribution is 5.82. The van der Waals surface area contributed by atoms with Gasteiger partial charge in [0, 0.05) is 13.1 Å². The predicted molar refractivity (Wildman–Crippen MR) is 66.1 cm³/mol. The van der Waals surface area contributed by atoms with Crippen LogP contribution in [0.3, 0.4) is 0 Å². The van der Waals surface area contributed by atoms with Gasteiger partial charge in [-0.25, -0.2) is 0 Å². The zero-order valence-electron chi connectivity index (χ0n) is 10.8. The van der Waals surface area contributed by atoms with Crippen molar-refractivity contribution in [2.75, 3.05) is 26.2 Å². The van der Waals surface area contributed by atoms with E-state index in [1.54, 1.807) is 0 Å². The van der Waals surface area contributed by atoms with Crippen molar-refractivity contribution < 1.29 is 4.79 Å². The van der Waals surface area contributed by atoms with Crippen molar-refractivity contribution >= 4 is 5.91 Å². The molecule has 0 bridgehead atoms. The minimum absolute atomic E-state index is 0.0577. The van der Waals surface area contributed by atoms with Gasteiger partial charge in [0.2, 0.25) is 5.91 Å². The molecule has 1 aliphatic heterocycles. The van der Waals surface area contributed by atoms with Crippen molar-refractivity contribution in [1.82, 2.24) is 10.2 Å². The van der Waals surface area contributed by atoms with Crippen molar-refractivity contribution in [3.05, 3.63) is 0 Å². The first-order valence-corrected chi connectivity index (χ1v) is 6.22. The summed E-state index contributed by atoms with van der Waals surface area (Å²) in [5, 5.41) is 2.92. The van der Waals surface area contributed by atoms with E-state index in [2.05, 4.69) is 31.0 Å². The Bertz CT molecular complexity index is 240. The number of carbonyl (C=O) groups excluding carboxylic acids is 1. The molecule has 1 saturated heterocycles. The number of carbonyl (C=O) groups is 1. The first kappa shape index (κ1) is 13.5. The molecular formula is C12H25N3O. The lowest BCUT2D eigenvalue weighted by molar-refractivity contribution is -0.129. The van der Waals surface area contributed by atoms with Gasteiger partial charge in [-0.05, 0) is 31.3 Å². The number of nitrogens with zero attached hydrogens (tertiary/aromatic N) is 1. The number of hydrogen-bond donors (Lipinski definition) is 2. The van der Waals surface area contributed by atoms with Crippen LogP contribution in [0.1, 0.15) is 33.6 Å². The van der Waals surface area contributed by atoms with Crippen LogP contribution in [0, 0.1) is 5.41 Å². The average Bonchev–Trinajstić information content (AvgIpc) is 2.26. The second-order valence-corrected chi connectivity index (χ2v) is 5.37. The fourth-order valence-electron chi connectivity index (χ4n) is 2.02. The van der Waals surface area contributed by atoms with E-state index in [1.165, 1.54) is 0 Å². The maximum atomic E-state index is 11.7. The lowest BCUT2D eigenvalue weighted by atomic mass is 9.89. The zero-order valence-corrected chi connectivity index (χ0v) is 10.8. The number of nitrogens with two attached hydrogens (primary N) is 1. The Labute approximate surface area is 98.6 Å². The smallest absolute Gasteiger partial charge is 0.237 e. The van der Waals surface area contributed by atoms with Gasteiger partial charge < -0.3 is 11.1 Å². The minimum Gasteiger partial charge on any atom is -0.353 e. The molecule has 1 rings (SSSR count). The topological polar surface area (TPSA) is 58.4 Å². The largest absolute Gasteiger partial charge is 0.353 e. The van der Waals surface area contributed by atoms with E-state index in [0.717, 1.165) is 32.5 Å². The summed E-state index contributed by atoms with van der Waals surface area (Å²) in [4.78, 5) is 13.9. The third kappa shape index (κ3) is 3.46. The Morgan fingerprint density at radius 1 is 1.56 bits per heavy atom. The van der Waals surface area contributed by atoms with E-state index >= 15 is 0 Å². The highest BCUT2D eigenvalue weighted by Crippen LogP contribution is 2.20. The summed E-state index contributed by atoms with van der Waals surface area (Å²) in [6, 6.07) is 0.0577. The first-order chi connectivity index (χ1) is 7.50. The van der Waals surface area contributed by atoms with E-state index < -0.39 is 0 Å². The Kier molecular flexibility index (Phi) is 4.74. The quantitative estimate of drug-likeness (QED) is 0.722. The average molecular weight is 227 g/mol. The molecule has 16 heavy (non-hydrogen) atoms. The van der Waals surface area contributed by atoms with Crippen molar-refractivity contribution in [2.24, 2.45) is 11.1 Å². The van der Waals surface area contributed by atoms with Gasteiger partial charge in [-0.1, -0.05) is 20.8 Å².